The third-order valence-corrected chi connectivity index (χ3v) is 4.22. The fourth-order valence-electron chi connectivity index (χ4n) is 2.65. The third-order valence-electron chi connectivity index (χ3n) is 4.22. The zero-order valence-corrected chi connectivity index (χ0v) is 13.4. The highest BCUT2D eigenvalue weighted by Gasteiger charge is 2.24. The Labute approximate surface area is 132 Å². The molecule has 126 valence electrons. The molecule has 8 N–H and O–H groups in total. The number of unbranched alkanes of at least 4 members (excludes halogenated alkanes) is 1. The molecular weight excluding hydrogens is 283 g/mol. The molecule has 1 rings (SSSR count). The molecule has 8 heteroatoms. The Hall–Kier alpha value is -1.09. The summed E-state index contributed by atoms with van der Waals surface area (Å²) in [6.45, 7) is 4.11. The number of hydrogen-bond acceptors (Lipinski definition) is 6. The first-order valence-corrected chi connectivity index (χ1v) is 7.86. The first kappa shape index (κ1) is 19.0. The number of carbonyl (C=O) groups excluding carboxylic acids is 1. The minimum atomic E-state index is -1.23. The van der Waals surface area contributed by atoms with Crippen LogP contribution in [0.4, 0.5) is 0 Å². The molecule has 1 atom stereocenters. The van der Waals surface area contributed by atoms with E-state index in [-0.39, 0.29) is 5.54 Å². The van der Waals surface area contributed by atoms with Gasteiger partial charge in [-0.3, -0.25) is 9.69 Å². The van der Waals surface area contributed by atoms with Gasteiger partial charge in [-0.1, -0.05) is 12.8 Å². The Morgan fingerprint density at radius 2 is 2.05 bits per heavy atom. The fourth-order valence-corrected chi connectivity index (χ4v) is 2.65. The second kappa shape index (κ2) is 8.52. The maximum atomic E-state index is 11.3. The predicted octanol–water partition coefficient (Wildman–Crippen LogP) is -0.859. The van der Waals surface area contributed by atoms with Crippen LogP contribution in [0.1, 0.15) is 39.0 Å². The molecule has 1 amide bonds. The van der Waals surface area contributed by atoms with E-state index in [2.05, 4.69) is 4.90 Å². The molecule has 0 spiro atoms. The summed E-state index contributed by atoms with van der Waals surface area (Å²) in [5, 5.41) is 17.6. The highest BCUT2D eigenvalue weighted by atomic mass is 16.4. The van der Waals surface area contributed by atoms with Gasteiger partial charge in [-0.2, -0.15) is 0 Å². The number of primary amides is 1. The van der Waals surface area contributed by atoms with Gasteiger partial charge in [0.1, 0.15) is 0 Å². The summed E-state index contributed by atoms with van der Waals surface area (Å²) in [5.74, 6) is -0.444. The molecular formula is C14H29BN4O3. The van der Waals surface area contributed by atoms with Gasteiger partial charge in [-0.15, -0.1) is 0 Å². The van der Waals surface area contributed by atoms with Gasteiger partial charge in [0.2, 0.25) is 5.91 Å². The maximum Gasteiger partial charge on any atom is 0.451 e. The van der Waals surface area contributed by atoms with Crippen LogP contribution in [0, 0.1) is 0 Å². The van der Waals surface area contributed by atoms with E-state index in [0.29, 0.717) is 30.6 Å². The quantitative estimate of drug-likeness (QED) is 0.277. The number of amides is 1. The smallest absolute Gasteiger partial charge is 0.427 e. The van der Waals surface area contributed by atoms with Gasteiger partial charge in [0, 0.05) is 42.9 Å². The second-order valence-electron chi connectivity index (χ2n) is 6.52. The van der Waals surface area contributed by atoms with E-state index in [0.717, 1.165) is 38.8 Å². The van der Waals surface area contributed by atoms with Crippen LogP contribution in [0.3, 0.4) is 0 Å². The van der Waals surface area contributed by atoms with Crippen LogP contribution in [0.25, 0.3) is 0 Å². The summed E-state index contributed by atoms with van der Waals surface area (Å²) in [6.07, 6.45) is 4.29. The highest BCUT2D eigenvalue weighted by molar-refractivity contribution is 6.40. The molecule has 0 saturated carbocycles. The van der Waals surface area contributed by atoms with E-state index in [1.807, 2.05) is 6.92 Å². The maximum absolute atomic E-state index is 11.3. The van der Waals surface area contributed by atoms with Crippen LogP contribution in [-0.2, 0) is 4.79 Å². The molecule has 22 heavy (non-hydrogen) atoms. The summed E-state index contributed by atoms with van der Waals surface area (Å²) in [5.41, 5.74) is 18.3. The van der Waals surface area contributed by atoms with Crippen molar-refractivity contribution < 1.29 is 14.8 Å². The van der Waals surface area contributed by atoms with Crippen LogP contribution in [0.2, 0.25) is 6.32 Å². The lowest BCUT2D eigenvalue weighted by Crippen LogP contribution is -2.43. The minimum absolute atomic E-state index is 0.306. The first-order chi connectivity index (χ1) is 10.2. The standard InChI is InChI=1S/C14H29BN4O3/c1-14(18,5-2-3-7-15(21)22)6-9-19-8-4-12(16)11(10-19)13(17)20/h21-22H,2-10,16,18H2,1H3,(H2,17,20). The average Bonchev–Trinajstić information content (AvgIpc) is 2.42. The predicted molar refractivity (Wildman–Crippen MR) is 87.5 cm³/mol. The molecule has 0 saturated heterocycles. The van der Waals surface area contributed by atoms with Gasteiger partial charge in [0.05, 0.1) is 0 Å². The van der Waals surface area contributed by atoms with Crippen LogP contribution in [0.15, 0.2) is 11.3 Å². The number of carbonyl (C=O) groups is 1. The van der Waals surface area contributed by atoms with Crippen LogP contribution in [-0.4, -0.2) is 53.1 Å². The molecule has 0 aromatic rings. The molecule has 0 aromatic heterocycles. The van der Waals surface area contributed by atoms with Crippen molar-refractivity contribution in [3.63, 3.8) is 0 Å². The average molecular weight is 312 g/mol. The largest absolute Gasteiger partial charge is 0.451 e. The van der Waals surface area contributed by atoms with E-state index in [4.69, 9.17) is 27.2 Å². The SMILES string of the molecule is CC(N)(CCCCB(O)O)CCN1CCC(N)=C(C(N)=O)C1. The van der Waals surface area contributed by atoms with E-state index in [1.165, 1.54) is 0 Å². The summed E-state index contributed by atoms with van der Waals surface area (Å²) in [6, 6.07) is 0. The third kappa shape index (κ3) is 6.78. The number of nitrogens with zero attached hydrogens (tertiary/aromatic N) is 1. The lowest BCUT2D eigenvalue weighted by molar-refractivity contribution is -0.115. The second-order valence-corrected chi connectivity index (χ2v) is 6.52. The van der Waals surface area contributed by atoms with E-state index >= 15 is 0 Å². The van der Waals surface area contributed by atoms with E-state index in [9.17, 15) is 4.79 Å². The van der Waals surface area contributed by atoms with Crippen LogP contribution < -0.4 is 17.2 Å². The molecule has 1 aliphatic rings. The summed E-state index contributed by atoms with van der Waals surface area (Å²) >= 11 is 0. The van der Waals surface area contributed by atoms with Gasteiger partial charge in [0.15, 0.2) is 0 Å². The topological polar surface area (TPSA) is 139 Å². The molecule has 0 fully saturated rings. The molecule has 7 nitrogen and oxygen atoms in total. The van der Waals surface area contributed by atoms with Crippen molar-refractivity contribution in [1.29, 1.82) is 0 Å². The van der Waals surface area contributed by atoms with E-state index in [1.54, 1.807) is 0 Å². The molecule has 0 aromatic carbocycles. The van der Waals surface area contributed by atoms with E-state index < -0.39 is 13.0 Å². The van der Waals surface area contributed by atoms with Gasteiger partial charge in [0.25, 0.3) is 0 Å². The van der Waals surface area contributed by atoms with Crippen molar-refractivity contribution in [2.24, 2.45) is 17.2 Å². The zero-order chi connectivity index (χ0) is 16.8. The number of nitrogens with two attached hydrogens (primary N) is 3. The van der Waals surface area contributed by atoms with Crippen molar-refractivity contribution in [1.82, 2.24) is 4.90 Å². The molecule has 1 aliphatic heterocycles. The van der Waals surface area contributed by atoms with Gasteiger partial charge < -0.3 is 27.2 Å². The molecule has 1 heterocycles. The number of rotatable bonds is 9. The Morgan fingerprint density at radius 1 is 1.36 bits per heavy atom. The normalized spacial score (nSPS) is 19.1. The van der Waals surface area contributed by atoms with Gasteiger partial charge >= 0.3 is 7.12 Å². The van der Waals surface area contributed by atoms with Crippen molar-refractivity contribution in [3.8, 4) is 0 Å². The summed E-state index contributed by atoms with van der Waals surface area (Å²) in [4.78, 5) is 13.5. The summed E-state index contributed by atoms with van der Waals surface area (Å²) < 4.78 is 0. The Kier molecular flexibility index (Phi) is 7.35. The molecule has 0 radical (unpaired) electrons. The zero-order valence-electron chi connectivity index (χ0n) is 13.4. The van der Waals surface area contributed by atoms with Crippen molar-refractivity contribution >= 4 is 13.0 Å². The van der Waals surface area contributed by atoms with Crippen molar-refractivity contribution in [2.75, 3.05) is 19.6 Å². The molecule has 1 unspecified atom stereocenters. The minimum Gasteiger partial charge on any atom is -0.427 e. The fraction of sp³-hybridized carbons (Fsp3) is 0.786. The summed E-state index contributed by atoms with van der Waals surface area (Å²) in [7, 11) is -1.23. The Balaban J connectivity index is 2.34. The van der Waals surface area contributed by atoms with Crippen LogP contribution in [0.5, 0.6) is 0 Å². The Morgan fingerprint density at radius 3 is 2.64 bits per heavy atom. The van der Waals surface area contributed by atoms with Gasteiger partial charge in [-0.25, -0.2) is 0 Å². The number of hydrogen-bond donors (Lipinski definition) is 5. The van der Waals surface area contributed by atoms with Crippen molar-refractivity contribution in [3.05, 3.63) is 11.3 Å². The first-order valence-electron chi connectivity index (χ1n) is 7.86. The van der Waals surface area contributed by atoms with Crippen LogP contribution >= 0.6 is 0 Å². The van der Waals surface area contributed by atoms with Crippen molar-refractivity contribution in [2.45, 2.75) is 50.9 Å². The highest BCUT2D eigenvalue weighted by Crippen LogP contribution is 2.19. The Bertz CT molecular complexity index is 413. The lowest BCUT2D eigenvalue weighted by atomic mass is 9.82. The molecule has 0 aliphatic carbocycles. The molecule has 0 bridgehead atoms. The van der Waals surface area contributed by atoms with Gasteiger partial charge in [-0.05, 0) is 26.1 Å². The lowest BCUT2D eigenvalue weighted by Gasteiger charge is -2.32. The monoisotopic (exact) mass is 312 g/mol.